The van der Waals surface area contributed by atoms with E-state index in [0.717, 1.165) is 10.2 Å². The molecule has 1 N–H and O–H groups in total. The van der Waals surface area contributed by atoms with Crippen LogP contribution < -0.4 is 10.2 Å². The predicted octanol–water partition coefficient (Wildman–Crippen LogP) is 3.64. The smallest absolute Gasteiger partial charge is 0.255 e. The van der Waals surface area contributed by atoms with E-state index in [0.29, 0.717) is 16.8 Å². The van der Waals surface area contributed by atoms with Crippen LogP contribution in [-0.2, 0) is 0 Å². The summed E-state index contributed by atoms with van der Waals surface area (Å²) in [5.74, 6) is -0.237. The van der Waals surface area contributed by atoms with Gasteiger partial charge in [0.05, 0.1) is 11.3 Å². The molecule has 0 saturated heterocycles. The molecular weight excluding hydrogens is 330 g/mol. The van der Waals surface area contributed by atoms with Gasteiger partial charge in [0.25, 0.3) is 5.91 Å². The van der Waals surface area contributed by atoms with Crippen molar-refractivity contribution in [3.05, 3.63) is 58.1 Å². The van der Waals surface area contributed by atoms with Gasteiger partial charge in [0.1, 0.15) is 6.07 Å². The third kappa shape index (κ3) is 3.61. The van der Waals surface area contributed by atoms with Gasteiger partial charge >= 0.3 is 0 Å². The molecule has 1 amide bonds. The molecule has 106 valence electrons. The van der Waals surface area contributed by atoms with Crippen molar-refractivity contribution in [3.63, 3.8) is 0 Å². The van der Waals surface area contributed by atoms with Crippen LogP contribution >= 0.6 is 15.9 Å². The van der Waals surface area contributed by atoms with Crippen molar-refractivity contribution in [2.24, 2.45) is 0 Å². The lowest BCUT2D eigenvalue weighted by Crippen LogP contribution is -2.13. The van der Waals surface area contributed by atoms with E-state index in [1.807, 2.05) is 31.1 Å². The molecule has 0 aliphatic rings. The number of anilines is 2. The van der Waals surface area contributed by atoms with E-state index >= 15 is 0 Å². The third-order valence-corrected chi connectivity index (χ3v) is 3.49. The molecule has 0 saturated carbocycles. The number of hydrogen-bond donors (Lipinski definition) is 1. The van der Waals surface area contributed by atoms with Gasteiger partial charge in [0.15, 0.2) is 0 Å². The maximum atomic E-state index is 12.2. The van der Waals surface area contributed by atoms with Gasteiger partial charge in [-0.15, -0.1) is 0 Å². The Labute approximate surface area is 132 Å². The maximum Gasteiger partial charge on any atom is 0.255 e. The topological polar surface area (TPSA) is 56.1 Å². The Hall–Kier alpha value is -2.32. The summed E-state index contributed by atoms with van der Waals surface area (Å²) in [4.78, 5) is 14.2. The fraction of sp³-hybridized carbons (Fsp3) is 0.125. The van der Waals surface area contributed by atoms with Crippen LogP contribution in [0.15, 0.2) is 46.9 Å². The molecule has 2 aromatic carbocycles. The van der Waals surface area contributed by atoms with Crippen molar-refractivity contribution < 1.29 is 4.79 Å². The van der Waals surface area contributed by atoms with Crippen LogP contribution in [0.2, 0.25) is 0 Å². The largest absolute Gasteiger partial charge is 0.378 e. The molecule has 0 spiro atoms. The molecule has 0 aromatic heterocycles. The minimum Gasteiger partial charge on any atom is -0.378 e. The molecule has 5 heteroatoms. The monoisotopic (exact) mass is 343 g/mol. The minimum absolute atomic E-state index is 0.237. The number of nitriles is 1. The summed E-state index contributed by atoms with van der Waals surface area (Å²) in [6, 6.07) is 14.5. The summed E-state index contributed by atoms with van der Waals surface area (Å²) in [7, 11) is 3.88. The Morgan fingerprint density at radius 2 is 1.86 bits per heavy atom. The second kappa shape index (κ2) is 6.42. The molecule has 0 radical (unpaired) electrons. The van der Waals surface area contributed by atoms with Crippen LogP contribution in [0.25, 0.3) is 0 Å². The Kier molecular flexibility index (Phi) is 4.61. The molecule has 0 heterocycles. The van der Waals surface area contributed by atoms with Gasteiger partial charge in [-0.1, -0.05) is 15.9 Å². The zero-order valence-corrected chi connectivity index (χ0v) is 13.3. The molecule has 0 atom stereocenters. The highest BCUT2D eigenvalue weighted by atomic mass is 79.9. The van der Waals surface area contributed by atoms with Crippen LogP contribution in [0.3, 0.4) is 0 Å². The molecule has 21 heavy (non-hydrogen) atoms. The normalized spacial score (nSPS) is 9.81. The second-order valence-electron chi connectivity index (χ2n) is 4.70. The molecule has 0 aliphatic heterocycles. The molecule has 0 bridgehead atoms. The van der Waals surface area contributed by atoms with Crippen molar-refractivity contribution >= 4 is 33.2 Å². The highest BCUT2D eigenvalue weighted by Crippen LogP contribution is 2.21. The summed E-state index contributed by atoms with van der Waals surface area (Å²) in [6.45, 7) is 0. The Morgan fingerprint density at radius 1 is 1.19 bits per heavy atom. The first-order valence-corrected chi connectivity index (χ1v) is 7.09. The minimum atomic E-state index is -0.237. The van der Waals surface area contributed by atoms with Crippen LogP contribution in [0.5, 0.6) is 0 Å². The Bertz CT molecular complexity index is 702. The fourth-order valence-corrected chi connectivity index (χ4v) is 2.18. The highest BCUT2D eigenvalue weighted by Gasteiger charge is 2.09. The number of hydrogen-bond acceptors (Lipinski definition) is 3. The Balaban J connectivity index is 2.20. The van der Waals surface area contributed by atoms with Crippen molar-refractivity contribution in [1.82, 2.24) is 0 Å². The average molecular weight is 344 g/mol. The number of halogens is 1. The number of rotatable bonds is 3. The zero-order valence-electron chi connectivity index (χ0n) is 11.7. The molecule has 2 rings (SSSR count). The van der Waals surface area contributed by atoms with Crippen molar-refractivity contribution in [3.8, 4) is 6.07 Å². The van der Waals surface area contributed by atoms with Crippen molar-refractivity contribution in [2.75, 3.05) is 24.3 Å². The lowest BCUT2D eigenvalue weighted by molar-refractivity contribution is 0.102. The zero-order chi connectivity index (χ0) is 15.4. The van der Waals surface area contributed by atoms with Gasteiger partial charge in [0, 0.05) is 29.8 Å². The van der Waals surface area contributed by atoms with E-state index in [4.69, 9.17) is 5.26 Å². The van der Waals surface area contributed by atoms with E-state index in [1.165, 1.54) is 0 Å². The van der Waals surface area contributed by atoms with Gasteiger partial charge in [-0.2, -0.15) is 5.26 Å². The van der Waals surface area contributed by atoms with E-state index in [1.54, 1.807) is 30.3 Å². The van der Waals surface area contributed by atoms with Gasteiger partial charge < -0.3 is 10.2 Å². The summed E-state index contributed by atoms with van der Waals surface area (Å²) < 4.78 is 0.799. The molecule has 0 aliphatic carbocycles. The van der Waals surface area contributed by atoms with Crippen LogP contribution in [0, 0.1) is 11.3 Å². The summed E-state index contributed by atoms with van der Waals surface area (Å²) in [5, 5.41) is 11.9. The standard InChI is InChI=1S/C16H14BrN3O/c1-20(2)14-6-3-11(4-7-14)16(21)19-15-8-5-13(17)9-12(15)10-18/h3-9H,1-2H3,(H,19,21). The fourth-order valence-electron chi connectivity index (χ4n) is 1.82. The van der Waals surface area contributed by atoms with E-state index < -0.39 is 0 Å². The van der Waals surface area contributed by atoms with Gasteiger partial charge in [-0.05, 0) is 42.5 Å². The van der Waals surface area contributed by atoms with E-state index in [2.05, 4.69) is 27.3 Å². The second-order valence-corrected chi connectivity index (χ2v) is 5.61. The number of nitrogens with one attached hydrogen (secondary N) is 1. The number of nitrogens with zero attached hydrogens (tertiary/aromatic N) is 2. The van der Waals surface area contributed by atoms with Gasteiger partial charge in [-0.3, -0.25) is 4.79 Å². The summed E-state index contributed by atoms with van der Waals surface area (Å²) >= 11 is 3.30. The summed E-state index contributed by atoms with van der Waals surface area (Å²) in [5.41, 5.74) is 2.49. The average Bonchev–Trinajstić information content (AvgIpc) is 2.49. The predicted molar refractivity (Wildman–Crippen MR) is 87.6 cm³/mol. The number of carbonyl (C=O) groups is 1. The Morgan fingerprint density at radius 3 is 2.43 bits per heavy atom. The van der Waals surface area contributed by atoms with Gasteiger partial charge in [-0.25, -0.2) is 0 Å². The summed E-state index contributed by atoms with van der Waals surface area (Å²) in [6.07, 6.45) is 0. The number of amides is 1. The lowest BCUT2D eigenvalue weighted by Gasteiger charge is -2.13. The molecule has 2 aromatic rings. The SMILES string of the molecule is CN(C)c1ccc(C(=O)Nc2ccc(Br)cc2C#N)cc1. The first-order valence-electron chi connectivity index (χ1n) is 6.29. The first kappa shape index (κ1) is 15.1. The maximum absolute atomic E-state index is 12.2. The highest BCUT2D eigenvalue weighted by molar-refractivity contribution is 9.10. The number of carbonyl (C=O) groups excluding carboxylic acids is 1. The van der Waals surface area contributed by atoms with E-state index in [9.17, 15) is 4.79 Å². The van der Waals surface area contributed by atoms with E-state index in [-0.39, 0.29) is 5.91 Å². The third-order valence-electron chi connectivity index (χ3n) is 3.00. The van der Waals surface area contributed by atoms with Gasteiger partial charge in [0.2, 0.25) is 0 Å². The lowest BCUT2D eigenvalue weighted by atomic mass is 10.1. The van der Waals surface area contributed by atoms with Crippen LogP contribution in [0.4, 0.5) is 11.4 Å². The van der Waals surface area contributed by atoms with Crippen LogP contribution in [-0.4, -0.2) is 20.0 Å². The van der Waals surface area contributed by atoms with Crippen LogP contribution in [0.1, 0.15) is 15.9 Å². The van der Waals surface area contributed by atoms with Crippen molar-refractivity contribution in [2.45, 2.75) is 0 Å². The first-order chi connectivity index (χ1) is 10.0. The quantitative estimate of drug-likeness (QED) is 0.925. The molecule has 0 unspecified atom stereocenters. The molecular formula is C16H14BrN3O. The molecule has 0 fully saturated rings. The number of benzene rings is 2. The van der Waals surface area contributed by atoms with Crippen molar-refractivity contribution in [1.29, 1.82) is 5.26 Å². The molecule has 4 nitrogen and oxygen atoms in total.